The summed E-state index contributed by atoms with van der Waals surface area (Å²) in [6.07, 6.45) is 20.3. The molecule has 1 atom stereocenters. The summed E-state index contributed by atoms with van der Waals surface area (Å²) < 4.78 is 0. The minimum atomic E-state index is 0.459. The van der Waals surface area contributed by atoms with E-state index in [1.165, 1.54) is 5.57 Å². The molecule has 1 rings (SSSR count). The number of rotatable bonds is 13. The average Bonchev–Trinajstić information content (AvgIpc) is 2.87. The zero-order valence-corrected chi connectivity index (χ0v) is 20.8. The molecule has 34 heavy (non-hydrogen) atoms. The lowest BCUT2D eigenvalue weighted by atomic mass is 9.99. The van der Waals surface area contributed by atoms with E-state index >= 15 is 0 Å². The summed E-state index contributed by atoms with van der Waals surface area (Å²) in [6, 6.07) is 9.50. The van der Waals surface area contributed by atoms with Gasteiger partial charge in [-0.15, -0.1) is 0 Å². The van der Waals surface area contributed by atoms with Crippen LogP contribution >= 0.6 is 0 Å². The maximum atomic E-state index is 9.17. The van der Waals surface area contributed by atoms with Crippen LogP contribution in [0.1, 0.15) is 45.2 Å². The van der Waals surface area contributed by atoms with Crippen molar-refractivity contribution in [2.24, 2.45) is 16.0 Å². The number of hydrazone groups is 1. The standard InChI is InChI=1S/C30H36N4/c1-7-11-16-28(25(6)32-23-27(10-4)24(5)9-3)18-14-20-33-34-30(19-12-8-2)29-17-13-15-26(21-29)22-31/h7-8,10-19,21,23-24,33H,2,6,9,20H2,1,3-5H3/b11-7-,18-14+,19-12-,27-10+,28-16+,32-23?,34-30+. The van der Waals surface area contributed by atoms with E-state index in [-0.39, 0.29) is 0 Å². The molecule has 0 saturated carbocycles. The van der Waals surface area contributed by atoms with Crippen LogP contribution in [0.3, 0.4) is 0 Å². The minimum absolute atomic E-state index is 0.459. The van der Waals surface area contributed by atoms with E-state index in [4.69, 9.17) is 5.26 Å². The highest BCUT2D eigenvalue weighted by Gasteiger charge is 2.04. The van der Waals surface area contributed by atoms with Crippen LogP contribution in [0.4, 0.5) is 0 Å². The Morgan fingerprint density at radius 3 is 2.68 bits per heavy atom. The SMILES string of the molecule is C=C/C=C\C(=N/NC/C=C/C(=C\C=C/C)C(=C)N=C/C(=C\C)C(C)CC)c1cccc(C#N)c1. The topological polar surface area (TPSA) is 60.5 Å². The van der Waals surface area contributed by atoms with Crippen LogP contribution in [0.25, 0.3) is 0 Å². The molecule has 0 aliphatic carbocycles. The summed E-state index contributed by atoms with van der Waals surface area (Å²) in [4.78, 5) is 4.60. The van der Waals surface area contributed by atoms with E-state index in [9.17, 15) is 0 Å². The number of benzene rings is 1. The molecule has 0 amide bonds. The maximum absolute atomic E-state index is 9.17. The summed E-state index contributed by atoms with van der Waals surface area (Å²) >= 11 is 0. The van der Waals surface area contributed by atoms with Crippen LogP contribution < -0.4 is 5.43 Å². The summed E-state index contributed by atoms with van der Waals surface area (Å²) in [5.41, 5.74) is 8.05. The van der Waals surface area contributed by atoms with Crippen molar-refractivity contribution < 1.29 is 0 Å². The molecule has 0 aromatic heterocycles. The zero-order valence-electron chi connectivity index (χ0n) is 20.8. The quantitative estimate of drug-likeness (QED) is 0.148. The fourth-order valence-electron chi connectivity index (χ4n) is 2.87. The van der Waals surface area contributed by atoms with Crippen LogP contribution in [-0.2, 0) is 0 Å². The van der Waals surface area contributed by atoms with Crippen molar-refractivity contribution in [2.75, 3.05) is 6.54 Å². The molecular formula is C30H36N4. The summed E-state index contributed by atoms with van der Waals surface area (Å²) in [6.45, 7) is 16.8. The molecule has 0 radical (unpaired) electrons. The molecule has 1 unspecified atom stereocenters. The van der Waals surface area contributed by atoms with E-state index in [1.807, 2.05) is 80.8 Å². The van der Waals surface area contributed by atoms with E-state index in [1.54, 1.807) is 12.1 Å². The molecule has 176 valence electrons. The molecule has 1 N–H and O–H groups in total. The molecule has 0 fully saturated rings. The molecule has 4 nitrogen and oxygen atoms in total. The largest absolute Gasteiger partial charge is 0.306 e. The van der Waals surface area contributed by atoms with Gasteiger partial charge in [-0.3, -0.25) is 4.99 Å². The predicted octanol–water partition coefficient (Wildman–Crippen LogP) is 7.23. The summed E-state index contributed by atoms with van der Waals surface area (Å²) in [5, 5.41) is 13.7. The maximum Gasteiger partial charge on any atom is 0.0991 e. The van der Waals surface area contributed by atoms with Crippen LogP contribution in [0.5, 0.6) is 0 Å². The Labute approximate surface area is 205 Å². The molecular weight excluding hydrogens is 416 g/mol. The Morgan fingerprint density at radius 2 is 2.03 bits per heavy atom. The average molecular weight is 453 g/mol. The Bertz CT molecular complexity index is 1070. The Balaban J connectivity index is 2.96. The Kier molecular flexibility index (Phi) is 13.7. The number of hydrogen-bond donors (Lipinski definition) is 1. The smallest absolute Gasteiger partial charge is 0.0991 e. The van der Waals surface area contributed by atoms with Gasteiger partial charge in [0, 0.05) is 11.8 Å². The van der Waals surface area contributed by atoms with Gasteiger partial charge in [0.1, 0.15) is 0 Å². The monoisotopic (exact) mass is 452 g/mol. The summed E-state index contributed by atoms with van der Waals surface area (Å²) in [5.74, 6) is 0.459. The van der Waals surface area contributed by atoms with E-state index < -0.39 is 0 Å². The fourth-order valence-corrected chi connectivity index (χ4v) is 2.87. The Hall–Kier alpha value is -3.97. The van der Waals surface area contributed by atoms with Crippen molar-refractivity contribution in [3.8, 4) is 6.07 Å². The second-order valence-electron chi connectivity index (χ2n) is 7.50. The fraction of sp³-hybridized carbons (Fsp3) is 0.233. The number of hydrogen-bond acceptors (Lipinski definition) is 4. The van der Waals surface area contributed by atoms with Crippen LogP contribution in [0.15, 0.2) is 119 Å². The molecule has 4 heteroatoms. The van der Waals surface area contributed by atoms with Gasteiger partial charge in [-0.1, -0.05) is 87.7 Å². The normalized spacial score (nSPS) is 14.3. The highest BCUT2D eigenvalue weighted by molar-refractivity contribution is 6.08. The summed E-state index contributed by atoms with van der Waals surface area (Å²) in [7, 11) is 0. The van der Waals surface area contributed by atoms with Crippen molar-refractivity contribution in [1.82, 2.24) is 5.43 Å². The first kappa shape index (κ1) is 28.1. The van der Waals surface area contributed by atoms with Crippen molar-refractivity contribution in [3.05, 3.63) is 120 Å². The van der Waals surface area contributed by atoms with Gasteiger partial charge in [-0.2, -0.15) is 10.4 Å². The molecule has 0 aliphatic rings. The van der Waals surface area contributed by atoms with Gasteiger partial charge < -0.3 is 5.43 Å². The van der Waals surface area contributed by atoms with Crippen molar-refractivity contribution in [1.29, 1.82) is 5.26 Å². The molecule has 1 aromatic rings. The molecule has 1 aromatic carbocycles. The molecule has 0 spiro atoms. The van der Waals surface area contributed by atoms with Gasteiger partial charge in [-0.05, 0) is 55.5 Å². The number of aliphatic imine (C=N–C) groups is 1. The van der Waals surface area contributed by atoms with E-state index in [0.29, 0.717) is 29.4 Å². The van der Waals surface area contributed by atoms with Crippen LogP contribution in [0, 0.1) is 17.2 Å². The minimum Gasteiger partial charge on any atom is -0.306 e. The number of allylic oxidation sites excluding steroid dienone is 9. The van der Waals surface area contributed by atoms with Gasteiger partial charge in [-0.25, -0.2) is 0 Å². The molecule has 0 saturated heterocycles. The second-order valence-corrected chi connectivity index (χ2v) is 7.50. The lowest BCUT2D eigenvalue weighted by Crippen LogP contribution is -2.10. The third-order valence-corrected chi connectivity index (χ3v) is 5.07. The first-order valence-corrected chi connectivity index (χ1v) is 11.5. The first-order chi connectivity index (χ1) is 16.5. The van der Waals surface area contributed by atoms with Crippen molar-refractivity contribution in [2.45, 2.75) is 34.1 Å². The van der Waals surface area contributed by atoms with Crippen molar-refractivity contribution >= 4 is 11.9 Å². The lowest BCUT2D eigenvalue weighted by molar-refractivity contribution is 0.679. The number of nitriles is 1. The number of nitrogens with one attached hydrogen (secondary N) is 1. The predicted molar refractivity (Wildman–Crippen MR) is 148 cm³/mol. The first-order valence-electron chi connectivity index (χ1n) is 11.5. The third-order valence-electron chi connectivity index (χ3n) is 5.07. The van der Waals surface area contributed by atoms with Gasteiger partial charge in [0.25, 0.3) is 0 Å². The zero-order chi connectivity index (χ0) is 25.2. The van der Waals surface area contributed by atoms with Crippen LogP contribution in [-0.4, -0.2) is 18.5 Å². The highest BCUT2D eigenvalue weighted by Crippen LogP contribution is 2.16. The van der Waals surface area contributed by atoms with E-state index in [0.717, 1.165) is 17.6 Å². The lowest BCUT2D eigenvalue weighted by Gasteiger charge is -2.09. The molecule has 0 heterocycles. The van der Waals surface area contributed by atoms with Gasteiger partial charge in [0.05, 0.1) is 29.6 Å². The third kappa shape index (κ3) is 10.1. The second kappa shape index (κ2) is 16.6. The van der Waals surface area contributed by atoms with Gasteiger partial charge >= 0.3 is 0 Å². The highest BCUT2D eigenvalue weighted by atomic mass is 15.3. The molecule has 0 bridgehead atoms. The molecule has 0 aliphatic heterocycles. The van der Waals surface area contributed by atoms with Gasteiger partial charge in [0.2, 0.25) is 0 Å². The van der Waals surface area contributed by atoms with Crippen LogP contribution in [0.2, 0.25) is 0 Å². The van der Waals surface area contributed by atoms with Gasteiger partial charge in [0.15, 0.2) is 0 Å². The van der Waals surface area contributed by atoms with Crippen molar-refractivity contribution in [3.63, 3.8) is 0 Å². The Morgan fingerprint density at radius 1 is 1.24 bits per heavy atom. The number of nitrogens with zero attached hydrogens (tertiary/aromatic N) is 3. The van der Waals surface area contributed by atoms with E-state index in [2.05, 4.69) is 54.7 Å².